The Hall–Kier alpha value is -0.940. The summed E-state index contributed by atoms with van der Waals surface area (Å²) in [5.41, 5.74) is 0.992. The van der Waals surface area contributed by atoms with E-state index in [0.29, 0.717) is 17.2 Å². The van der Waals surface area contributed by atoms with Crippen molar-refractivity contribution >= 4 is 47.2 Å². The number of aryl methyl sites for hydroxylation is 1. The largest absolute Gasteiger partial charge is 0.462 e. The van der Waals surface area contributed by atoms with Gasteiger partial charge in [-0.1, -0.05) is 12.8 Å². The lowest BCUT2D eigenvalue weighted by atomic mass is 9.83. The van der Waals surface area contributed by atoms with Crippen LogP contribution in [0.25, 0.3) is 0 Å². The number of halogens is 1. The van der Waals surface area contributed by atoms with Gasteiger partial charge in [0.1, 0.15) is 9.88 Å². The summed E-state index contributed by atoms with van der Waals surface area (Å²) in [7, 11) is 1.78. The van der Waals surface area contributed by atoms with Crippen molar-refractivity contribution in [3.05, 3.63) is 15.6 Å². The minimum Gasteiger partial charge on any atom is -0.462 e. The first-order valence-corrected chi connectivity index (χ1v) is 11.5. The van der Waals surface area contributed by atoms with Crippen LogP contribution < -0.4 is 10.6 Å². The number of nitrogens with one attached hydrogen (secondary N) is 2. The number of hydrogen-bond donors (Lipinski definition) is 2. The second-order valence-electron chi connectivity index (χ2n) is 7.63. The van der Waals surface area contributed by atoms with Crippen LogP contribution in [0.5, 0.6) is 0 Å². The lowest BCUT2D eigenvalue weighted by Gasteiger charge is -2.30. The standard InChI is InChI=1S/C21H36N4O3S.HI/c1-6-27-13-12-21(10-8-9-11-21)14-23-20(22-5)25-16(4)18-24-15(3)17(29-18)19(26)28-7-2;/h16H,6-14H2,1-5H3,(H2,22,23,25);1H. The molecule has 1 fully saturated rings. The molecule has 0 saturated heterocycles. The Labute approximate surface area is 201 Å². The predicted molar refractivity (Wildman–Crippen MR) is 133 cm³/mol. The number of carbonyl (C=O) groups excluding carboxylic acids is 1. The number of thiazole rings is 1. The van der Waals surface area contributed by atoms with Gasteiger partial charge >= 0.3 is 5.97 Å². The van der Waals surface area contributed by atoms with Crippen LogP contribution in [-0.4, -0.2) is 50.3 Å². The number of guanidine groups is 1. The number of aliphatic imine (C=N–C) groups is 1. The van der Waals surface area contributed by atoms with E-state index in [4.69, 9.17) is 9.47 Å². The van der Waals surface area contributed by atoms with Crippen LogP contribution in [0.2, 0.25) is 0 Å². The van der Waals surface area contributed by atoms with Crippen molar-refractivity contribution in [3.8, 4) is 0 Å². The van der Waals surface area contributed by atoms with Crippen molar-refractivity contribution in [2.24, 2.45) is 10.4 Å². The van der Waals surface area contributed by atoms with Crippen molar-refractivity contribution in [2.75, 3.05) is 33.4 Å². The maximum absolute atomic E-state index is 12.1. The van der Waals surface area contributed by atoms with Gasteiger partial charge in [0.25, 0.3) is 0 Å². The molecule has 1 heterocycles. The quantitative estimate of drug-likeness (QED) is 0.147. The molecule has 2 rings (SSSR count). The second kappa shape index (κ2) is 13.5. The number of nitrogens with zero attached hydrogens (tertiary/aromatic N) is 2. The highest BCUT2D eigenvalue weighted by Gasteiger charge is 2.33. The summed E-state index contributed by atoms with van der Waals surface area (Å²) >= 11 is 1.38. The van der Waals surface area contributed by atoms with Gasteiger partial charge in [-0.2, -0.15) is 0 Å². The Morgan fingerprint density at radius 3 is 2.60 bits per heavy atom. The van der Waals surface area contributed by atoms with Crippen LogP contribution in [0.4, 0.5) is 0 Å². The summed E-state index contributed by atoms with van der Waals surface area (Å²) in [6.45, 7) is 10.6. The van der Waals surface area contributed by atoms with Crippen molar-refractivity contribution < 1.29 is 14.3 Å². The molecule has 0 bridgehead atoms. The van der Waals surface area contributed by atoms with Gasteiger partial charge in [-0.25, -0.2) is 9.78 Å². The van der Waals surface area contributed by atoms with E-state index in [1.807, 2.05) is 20.8 Å². The Bertz CT molecular complexity index is 690. The molecule has 0 amide bonds. The van der Waals surface area contributed by atoms with E-state index < -0.39 is 0 Å². The average molecular weight is 553 g/mol. The first-order chi connectivity index (χ1) is 13.9. The molecule has 1 aliphatic carbocycles. The van der Waals surface area contributed by atoms with Crippen molar-refractivity contribution in [1.29, 1.82) is 0 Å². The topological polar surface area (TPSA) is 84.8 Å². The molecule has 0 radical (unpaired) electrons. The zero-order valence-corrected chi connectivity index (χ0v) is 22.0. The lowest BCUT2D eigenvalue weighted by Crippen LogP contribution is -2.44. The van der Waals surface area contributed by atoms with Crippen LogP contribution in [-0.2, 0) is 9.47 Å². The highest BCUT2D eigenvalue weighted by atomic mass is 127. The molecule has 1 aromatic rings. The fourth-order valence-electron chi connectivity index (χ4n) is 3.79. The van der Waals surface area contributed by atoms with Gasteiger partial charge in [0.15, 0.2) is 5.96 Å². The highest BCUT2D eigenvalue weighted by molar-refractivity contribution is 14.0. The fraction of sp³-hybridized carbons (Fsp3) is 0.762. The molecule has 172 valence electrons. The molecule has 9 heteroatoms. The Kier molecular flexibility index (Phi) is 12.2. The predicted octanol–water partition coefficient (Wildman–Crippen LogP) is 4.46. The Morgan fingerprint density at radius 2 is 2.00 bits per heavy atom. The molecule has 1 saturated carbocycles. The molecule has 7 nitrogen and oxygen atoms in total. The third-order valence-electron chi connectivity index (χ3n) is 5.50. The van der Waals surface area contributed by atoms with Gasteiger partial charge in [0.2, 0.25) is 0 Å². The molecule has 1 unspecified atom stereocenters. The second-order valence-corrected chi connectivity index (χ2v) is 8.66. The summed E-state index contributed by atoms with van der Waals surface area (Å²) in [5.74, 6) is 0.451. The van der Waals surface area contributed by atoms with E-state index in [2.05, 4.69) is 20.6 Å². The fourth-order valence-corrected chi connectivity index (χ4v) is 4.76. The van der Waals surface area contributed by atoms with E-state index in [1.54, 1.807) is 14.0 Å². The average Bonchev–Trinajstić information content (AvgIpc) is 3.32. The number of rotatable bonds is 10. The van der Waals surface area contributed by atoms with Gasteiger partial charge in [-0.05, 0) is 52.4 Å². The Balaban J connectivity index is 0.00000450. The van der Waals surface area contributed by atoms with E-state index >= 15 is 0 Å². The summed E-state index contributed by atoms with van der Waals surface area (Å²) in [6.07, 6.45) is 6.11. The molecule has 2 N–H and O–H groups in total. The van der Waals surface area contributed by atoms with Crippen molar-refractivity contribution in [1.82, 2.24) is 15.6 Å². The molecule has 30 heavy (non-hydrogen) atoms. The minimum absolute atomic E-state index is 0. The van der Waals surface area contributed by atoms with E-state index in [9.17, 15) is 4.79 Å². The van der Waals surface area contributed by atoms with E-state index in [-0.39, 0.29) is 41.4 Å². The highest BCUT2D eigenvalue weighted by Crippen LogP contribution is 2.40. The number of carbonyl (C=O) groups is 1. The molecule has 0 spiro atoms. The van der Waals surface area contributed by atoms with Gasteiger partial charge < -0.3 is 20.1 Å². The zero-order valence-electron chi connectivity index (χ0n) is 18.9. The third kappa shape index (κ3) is 7.64. The van der Waals surface area contributed by atoms with E-state index in [0.717, 1.165) is 37.1 Å². The SMILES string of the molecule is CCOCCC1(CNC(=NC)NC(C)c2nc(C)c(C(=O)OCC)s2)CCCC1.I. The normalized spacial score (nSPS) is 16.6. The van der Waals surface area contributed by atoms with Crippen LogP contribution in [0, 0.1) is 12.3 Å². The summed E-state index contributed by atoms with van der Waals surface area (Å²) in [5, 5.41) is 7.77. The molecule has 1 aliphatic rings. The number of esters is 1. The van der Waals surface area contributed by atoms with Gasteiger partial charge in [0.05, 0.1) is 18.3 Å². The molecular weight excluding hydrogens is 515 g/mol. The molecule has 1 aromatic heterocycles. The number of ether oxygens (including phenoxy) is 2. The van der Waals surface area contributed by atoms with Gasteiger partial charge in [-0.15, -0.1) is 35.3 Å². The van der Waals surface area contributed by atoms with Gasteiger partial charge in [-0.3, -0.25) is 4.99 Å². The minimum atomic E-state index is -0.305. The number of aromatic nitrogens is 1. The lowest BCUT2D eigenvalue weighted by molar-refractivity contribution is 0.0531. The van der Waals surface area contributed by atoms with Crippen LogP contribution in [0.3, 0.4) is 0 Å². The van der Waals surface area contributed by atoms with E-state index in [1.165, 1.54) is 37.0 Å². The van der Waals surface area contributed by atoms with Crippen LogP contribution in [0.1, 0.15) is 79.3 Å². The summed E-state index contributed by atoms with van der Waals surface area (Å²) in [6, 6.07) is -0.0592. The molecule has 0 aliphatic heterocycles. The van der Waals surface area contributed by atoms with Crippen molar-refractivity contribution in [2.45, 2.75) is 65.8 Å². The zero-order chi connectivity index (χ0) is 21.3. The van der Waals surface area contributed by atoms with Crippen LogP contribution >= 0.6 is 35.3 Å². The smallest absolute Gasteiger partial charge is 0.350 e. The van der Waals surface area contributed by atoms with Gasteiger partial charge in [0, 0.05) is 26.8 Å². The van der Waals surface area contributed by atoms with Crippen LogP contribution in [0.15, 0.2) is 4.99 Å². The molecule has 1 atom stereocenters. The maximum Gasteiger partial charge on any atom is 0.350 e. The maximum atomic E-state index is 12.1. The monoisotopic (exact) mass is 552 g/mol. The summed E-state index contributed by atoms with van der Waals surface area (Å²) in [4.78, 5) is 21.6. The third-order valence-corrected chi connectivity index (χ3v) is 6.82. The molecular formula is C21H37IN4O3S. The number of hydrogen-bond acceptors (Lipinski definition) is 6. The first kappa shape index (κ1) is 27.1. The Morgan fingerprint density at radius 1 is 1.30 bits per heavy atom. The molecule has 0 aromatic carbocycles. The van der Waals surface area contributed by atoms with Crippen molar-refractivity contribution in [3.63, 3.8) is 0 Å². The first-order valence-electron chi connectivity index (χ1n) is 10.6. The summed E-state index contributed by atoms with van der Waals surface area (Å²) < 4.78 is 10.7.